The molecule has 2 atom stereocenters. The number of rotatable bonds is 3. The summed E-state index contributed by atoms with van der Waals surface area (Å²) < 4.78 is 24.1. The summed E-state index contributed by atoms with van der Waals surface area (Å²) in [7, 11) is -3.24. The highest BCUT2D eigenvalue weighted by molar-refractivity contribution is 7.88. The number of hydrogen-bond acceptors (Lipinski definition) is 4. The van der Waals surface area contributed by atoms with Gasteiger partial charge in [0.15, 0.2) is 0 Å². The molecule has 0 aromatic heterocycles. The second-order valence-electron chi connectivity index (χ2n) is 3.88. The lowest BCUT2D eigenvalue weighted by Gasteiger charge is -2.36. The molecule has 0 amide bonds. The van der Waals surface area contributed by atoms with Gasteiger partial charge in [-0.05, 0) is 6.92 Å². The van der Waals surface area contributed by atoms with Crippen LogP contribution in [0.25, 0.3) is 0 Å². The third-order valence-corrected chi connectivity index (χ3v) is 3.80. The Kier molecular flexibility index (Phi) is 3.69. The minimum absolute atomic E-state index is 0.0568. The molecule has 1 saturated heterocycles. The molecular formula is C8H16N2O4S. The second-order valence-corrected chi connectivity index (χ2v) is 5.82. The first-order valence-corrected chi connectivity index (χ1v) is 6.57. The van der Waals surface area contributed by atoms with Crippen molar-refractivity contribution in [3.8, 4) is 0 Å². The smallest absolute Gasteiger partial charge is 0.304 e. The molecule has 7 heteroatoms. The van der Waals surface area contributed by atoms with E-state index < -0.39 is 16.0 Å². The van der Waals surface area contributed by atoms with E-state index in [1.165, 1.54) is 4.31 Å². The van der Waals surface area contributed by atoms with Gasteiger partial charge in [-0.3, -0.25) is 4.79 Å². The Morgan fingerprint density at radius 1 is 1.60 bits per heavy atom. The van der Waals surface area contributed by atoms with E-state index in [-0.39, 0.29) is 25.0 Å². The van der Waals surface area contributed by atoms with E-state index in [1.54, 1.807) is 6.92 Å². The van der Waals surface area contributed by atoms with E-state index in [1.807, 2.05) is 0 Å². The van der Waals surface area contributed by atoms with Gasteiger partial charge in [-0.2, -0.15) is 4.31 Å². The zero-order valence-corrected chi connectivity index (χ0v) is 9.62. The summed E-state index contributed by atoms with van der Waals surface area (Å²) in [5.41, 5.74) is 0. The van der Waals surface area contributed by atoms with Crippen molar-refractivity contribution in [2.45, 2.75) is 25.4 Å². The Morgan fingerprint density at radius 3 is 2.67 bits per heavy atom. The second kappa shape index (κ2) is 4.46. The van der Waals surface area contributed by atoms with Crippen LogP contribution in [-0.2, 0) is 14.8 Å². The summed E-state index contributed by atoms with van der Waals surface area (Å²) >= 11 is 0. The molecule has 1 fully saturated rings. The van der Waals surface area contributed by atoms with Gasteiger partial charge in [0.1, 0.15) is 0 Å². The van der Waals surface area contributed by atoms with Crippen LogP contribution < -0.4 is 5.32 Å². The van der Waals surface area contributed by atoms with E-state index in [2.05, 4.69) is 5.32 Å². The first-order valence-electron chi connectivity index (χ1n) is 4.72. The number of carbonyl (C=O) groups is 1. The van der Waals surface area contributed by atoms with E-state index in [4.69, 9.17) is 5.11 Å². The Labute approximate surface area is 89.3 Å². The van der Waals surface area contributed by atoms with Crippen LogP contribution in [0.15, 0.2) is 0 Å². The fraction of sp³-hybridized carbons (Fsp3) is 0.875. The minimum Gasteiger partial charge on any atom is -0.481 e. The molecule has 15 heavy (non-hydrogen) atoms. The number of nitrogens with zero attached hydrogens (tertiary/aromatic N) is 1. The summed E-state index contributed by atoms with van der Waals surface area (Å²) in [6.07, 6.45) is 1.09. The van der Waals surface area contributed by atoms with Crippen molar-refractivity contribution in [2.75, 3.05) is 19.3 Å². The average molecular weight is 236 g/mol. The van der Waals surface area contributed by atoms with Crippen molar-refractivity contribution in [2.24, 2.45) is 0 Å². The Balaban J connectivity index is 2.68. The van der Waals surface area contributed by atoms with Crippen molar-refractivity contribution in [3.05, 3.63) is 0 Å². The molecule has 88 valence electrons. The lowest BCUT2D eigenvalue weighted by molar-refractivity contribution is -0.137. The van der Waals surface area contributed by atoms with Crippen LogP contribution in [0.5, 0.6) is 0 Å². The fourth-order valence-electron chi connectivity index (χ4n) is 1.71. The van der Waals surface area contributed by atoms with Gasteiger partial charge in [-0.15, -0.1) is 0 Å². The molecule has 1 heterocycles. The third kappa shape index (κ3) is 3.44. The molecule has 2 N–H and O–H groups in total. The maximum Gasteiger partial charge on any atom is 0.304 e. The molecule has 0 aromatic carbocycles. The molecular weight excluding hydrogens is 220 g/mol. The molecule has 0 spiro atoms. The van der Waals surface area contributed by atoms with Crippen LogP contribution in [-0.4, -0.2) is 55.2 Å². The van der Waals surface area contributed by atoms with Gasteiger partial charge in [0.2, 0.25) is 10.0 Å². The van der Waals surface area contributed by atoms with E-state index in [0.717, 1.165) is 6.26 Å². The van der Waals surface area contributed by atoms with Gasteiger partial charge in [-0.1, -0.05) is 0 Å². The molecule has 2 unspecified atom stereocenters. The van der Waals surface area contributed by atoms with Gasteiger partial charge < -0.3 is 10.4 Å². The van der Waals surface area contributed by atoms with Crippen molar-refractivity contribution in [1.29, 1.82) is 0 Å². The summed E-state index contributed by atoms with van der Waals surface area (Å²) in [6.45, 7) is 2.52. The molecule has 1 aliphatic rings. The molecule has 0 radical (unpaired) electrons. The maximum absolute atomic E-state index is 11.4. The highest BCUT2D eigenvalue weighted by atomic mass is 32.2. The monoisotopic (exact) mass is 236 g/mol. The number of carboxylic acid groups (broad SMARTS) is 1. The molecule has 0 aromatic rings. The van der Waals surface area contributed by atoms with E-state index >= 15 is 0 Å². The van der Waals surface area contributed by atoms with Crippen molar-refractivity contribution in [3.63, 3.8) is 0 Å². The average Bonchev–Trinajstić information content (AvgIpc) is 2.05. The normalized spacial score (nSPS) is 28.9. The highest BCUT2D eigenvalue weighted by Crippen LogP contribution is 2.12. The van der Waals surface area contributed by atoms with Crippen LogP contribution in [0.4, 0.5) is 0 Å². The van der Waals surface area contributed by atoms with Crippen LogP contribution in [0.1, 0.15) is 13.3 Å². The number of hydrogen-bond donors (Lipinski definition) is 2. The minimum atomic E-state index is -3.24. The third-order valence-electron chi connectivity index (χ3n) is 2.44. The van der Waals surface area contributed by atoms with Crippen molar-refractivity contribution < 1.29 is 18.3 Å². The molecule has 0 bridgehead atoms. The number of piperazine rings is 1. The Bertz CT molecular complexity index is 341. The molecule has 6 nitrogen and oxygen atoms in total. The van der Waals surface area contributed by atoms with Gasteiger partial charge >= 0.3 is 5.97 Å². The predicted octanol–water partition coefficient (Wildman–Crippen LogP) is -0.917. The van der Waals surface area contributed by atoms with Gasteiger partial charge in [-0.25, -0.2) is 8.42 Å². The number of nitrogens with one attached hydrogen (secondary N) is 1. The summed E-state index contributed by atoms with van der Waals surface area (Å²) in [5.74, 6) is -0.921. The first kappa shape index (κ1) is 12.4. The topological polar surface area (TPSA) is 86.7 Å². The van der Waals surface area contributed by atoms with Gasteiger partial charge in [0, 0.05) is 25.2 Å². The number of sulfonamides is 1. The van der Waals surface area contributed by atoms with Crippen molar-refractivity contribution in [1.82, 2.24) is 9.62 Å². The van der Waals surface area contributed by atoms with Crippen LogP contribution in [0.3, 0.4) is 0 Å². The van der Waals surface area contributed by atoms with Crippen LogP contribution in [0.2, 0.25) is 0 Å². The quantitative estimate of drug-likeness (QED) is 0.662. The number of carboxylic acids is 1. The Hall–Kier alpha value is -0.660. The van der Waals surface area contributed by atoms with Crippen LogP contribution >= 0.6 is 0 Å². The highest BCUT2D eigenvalue weighted by Gasteiger charge is 2.31. The fourth-order valence-corrected chi connectivity index (χ4v) is 2.89. The first-order chi connectivity index (χ1) is 6.80. The summed E-state index contributed by atoms with van der Waals surface area (Å²) in [4.78, 5) is 10.5. The van der Waals surface area contributed by atoms with Crippen molar-refractivity contribution >= 4 is 16.0 Å². The van der Waals surface area contributed by atoms with Gasteiger partial charge in [0.05, 0.1) is 12.7 Å². The standard InChI is InChI=1S/C8H16N2O4S/c1-6-4-9-7(3-8(11)12)5-10(6)15(2,13)14/h6-7,9H,3-5H2,1-2H3,(H,11,12). The zero-order chi connectivity index (χ0) is 11.6. The molecule has 0 saturated carbocycles. The molecule has 1 aliphatic heterocycles. The largest absolute Gasteiger partial charge is 0.481 e. The Morgan fingerprint density at radius 2 is 2.20 bits per heavy atom. The summed E-state index contributed by atoms with van der Waals surface area (Å²) in [5, 5.41) is 11.6. The SMILES string of the molecule is CC1CNC(CC(=O)O)CN1S(C)(=O)=O. The lowest BCUT2D eigenvalue weighted by Crippen LogP contribution is -2.57. The van der Waals surface area contributed by atoms with E-state index in [0.29, 0.717) is 6.54 Å². The molecule has 0 aliphatic carbocycles. The van der Waals surface area contributed by atoms with Crippen LogP contribution in [0, 0.1) is 0 Å². The predicted molar refractivity (Wildman–Crippen MR) is 55.1 cm³/mol. The lowest BCUT2D eigenvalue weighted by atomic mass is 10.1. The molecule has 1 rings (SSSR count). The maximum atomic E-state index is 11.4. The summed E-state index contributed by atoms with van der Waals surface area (Å²) in [6, 6.07) is -0.418. The van der Waals surface area contributed by atoms with E-state index in [9.17, 15) is 13.2 Å². The number of aliphatic carboxylic acids is 1. The van der Waals surface area contributed by atoms with Gasteiger partial charge in [0.25, 0.3) is 0 Å². The zero-order valence-electron chi connectivity index (χ0n) is 8.80.